The molecule has 198 valence electrons. The number of halogens is 3. The lowest BCUT2D eigenvalue weighted by molar-refractivity contribution is -0.137. The summed E-state index contributed by atoms with van der Waals surface area (Å²) in [5.74, 6) is -0.254. The number of hydrogen-bond donors (Lipinski definition) is 2. The fraction of sp³-hybridized carbons (Fsp3) is 0.435. The van der Waals surface area contributed by atoms with E-state index in [-0.39, 0.29) is 29.8 Å². The van der Waals surface area contributed by atoms with Crippen molar-refractivity contribution in [3.05, 3.63) is 54.1 Å². The number of hydroxylamine groups is 1. The Kier molecular flexibility index (Phi) is 8.49. The lowest BCUT2D eigenvalue weighted by atomic mass is 10.2. The molecule has 3 rings (SSSR count). The first-order valence-electron chi connectivity index (χ1n) is 11.1. The molecule has 1 aliphatic rings. The third-order valence-corrected chi connectivity index (χ3v) is 7.22. The summed E-state index contributed by atoms with van der Waals surface area (Å²) in [6, 6.07) is 9.34. The van der Waals surface area contributed by atoms with Crippen LogP contribution in [0.3, 0.4) is 0 Å². The van der Waals surface area contributed by atoms with Gasteiger partial charge in [-0.05, 0) is 69.0 Å². The Hall–Kier alpha value is -2.87. The van der Waals surface area contributed by atoms with E-state index in [9.17, 15) is 31.6 Å². The fourth-order valence-corrected chi connectivity index (χ4v) is 4.95. The number of carbonyl (C=O) groups is 1. The van der Waals surface area contributed by atoms with Gasteiger partial charge in [0.15, 0.2) is 0 Å². The maximum absolute atomic E-state index is 12.7. The molecular formula is C23H29F3N4O5S. The van der Waals surface area contributed by atoms with Gasteiger partial charge in [0.2, 0.25) is 10.0 Å². The first-order valence-corrected chi connectivity index (χ1v) is 12.9. The Labute approximate surface area is 208 Å². The van der Waals surface area contributed by atoms with E-state index in [1.165, 1.54) is 36.4 Å². The van der Waals surface area contributed by atoms with Crippen LogP contribution >= 0.6 is 0 Å². The molecule has 1 saturated heterocycles. The van der Waals surface area contributed by atoms with Crippen LogP contribution in [0.4, 0.5) is 18.9 Å². The first kappa shape index (κ1) is 27.7. The minimum atomic E-state index is -4.46. The zero-order valence-electron chi connectivity index (χ0n) is 20.1. The minimum absolute atomic E-state index is 0.180. The summed E-state index contributed by atoms with van der Waals surface area (Å²) in [4.78, 5) is 16.3. The number of amides is 1. The maximum atomic E-state index is 12.7. The third kappa shape index (κ3) is 6.87. The van der Waals surface area contributed by atoms with Gasteiger partial charge in [0.1, 0.15) is 17.5 Å². The summed E-state index contributed by atoms with van der Waals surface area (Å²) < 4.78 is 70.1. The monoisotopic (exact) mass is 530 g/mol. The molecule has 1 heterocycles. The molecule has 36 heavy (non-hydrogen) atoms. The average molecular weight is 531 g/mol. The quantitative estimate of drug-likeness (QED) is 0.380. The summed E-state index contributed by atoms with van der Waals surface area (Å²) in [7, 11) is 0.0286. The number of carbonyl (C=O) groups excluding carboxylic acids is 1. The lowest BCUT2D eigenvalue weighted by Crippen LogP contribution is -2.53. The van der Waals surface area contributed by atoms with Crippen LogP contribution < -0.4 is 14.5 Å². The predicted octanol–water partition coefficient (Wildman–Crippen LogP) is 2.77. The molecule has 13 heteroatoms. The number of hydrogen-bond acceptors (Lipinski definition) is 7. The minimum Gasteiger partial charge on any atom is -0.457 e. The van der Waals surface area contributed by atoms with Gasteiger partial charge in [-0.25, -0.2) is 13.9 Å². The Bertz CT molecular complexity index is 1140. The second-order valence-electron chi connectivity index (χ2n) is 8.81. The molecule has 2 N–H and O–H groups in total. The summed E-state index contributed by atoms with van der Waals surface area (Å²) in [6.07, 6.45) is -2.65. The molecule has 1 aliphatic heterocycles. The zero-order chi connectivity index (χ0) is 26.7. The van der Waals surface area contributed by atoms with Gasteiger partial charge in [-0.2, -0.15) is 13.2 Å². The second-order valence-corrected chi connectivity index (χ2v) is 10.7. The highest BCUT2D eigenvalue weighted by Gasteiger charge is 2.36. The highest BCUT2D eigenvalue weighted by molar-refractivity contribution is 7.92. The number of nitrogens with zero attached hydrogens (tertiary/aromatic N) is 3. The van der Waals surface area contributed by atoms with E-state index in [4.69, 9.17) is 4.74 Å². The molecule has 9 nitrogen and oxygen atoms in total. The smallest absolute Gasteiger partial charge is 0.416 e. The molecule has 0 radical (unpaired) electrons. The van der Waals surface area contributed by atoms with Gasteiger partial charge < -0.3 is 9.64 Å². The molecule has 0 spiro atoms. The maximum Gasteiger partial charge on any atom is 0.416 e. The molecule has 0 saturated carbocycles. The van der Waals surface area contributed by atoms with Gasteiger partial charge in [0.05, 0.1) is 24.1 Å². The molecule has 2 aromatic carbocycles. The van der Waals surface area contributed by atoms with E-state index in [1.807, 2.05) is 23.9 Å². The number of ether oxygens (including phenoxy) is 1. The molecule has 0 bridgehead atoms. The first-order chi connectivity index (χ1) is 16.8. The molecular weight excluding hydrogens is 501 g/mol. The Morgan fingerprint density at radius 1 is 1.14 bits per heavy atom. The number of likely N-dealkylation sites (tertiary alicyclic amines) is 1. The number of benzene rings is 2. The van der Waals surface area contributed by atoms with Crippen molar-refractivity contribution < 1.29 is 36.3 Å². The van der Waals surface area contributed by atoms with Gasteiger partial charge in [0.25, 0.3) is 5.91 Å². The van der Waals surface area contributed by atoms with Crippen LogP contribution in [-0.4, -0.2) is 81.4 Å². The van der Waals surface area contributed by atoms with Crippen LogP contribution in [0, 0.1) is 0 Å². The van der Waals surface area contributed by atoms with Crippen LogP contribution in [0.15, 0.2) is 48.5 Å². The SMILES string of the molecule is CN(C)C1CCN([C@@H](CN(c2ccc(Oc3ccc(C(F)(F)F)cc3)cc2)S(C)(=O)=O)C(=O)NO)C1. The number of alkyl halides is 3. The van der Waals surface area contributed by atoms with Gasteiger partial charge >= 0.3 is 6.18 Å². The summed E-state index contributed by atoms with van der Waals surface area (Å²) in [5, 5.41) is 9.28. The summed E-state index contributed by atoms with van der Waals surface area (Å²) in [6.45, 7) is 0.853. The lowest BCUT2D eigenvalue weighted by Gasteiger charge is -2.32. The van der Waals surface area contributed by atoms with Crippen molar-refractivity contribution in [3.63, 3.8) is 0 Å². The van der Waals surface area contributed by atoms with Crippen molar-refractivity contribution in [1.29, 1.82) is 0 Å². The van der Waals surface area contributed by atoms with Crippen LogP contribution in [0.2, 0.25) is 0 Å². The molecule has 0 aliphatic carbocycles. The Balaban J connectivity index is 1.78. The van der Waals surface area contributed by atoms with E-state index in [2.05, 4.69) is 0 Å². The highest BCUT2D eigenvalue weighted by atomic mass is 32.2. The van der Waals surface area contributed by atoms with Crippen molar-refractivity contribution in [3.8, 4) is 11.5 Å². The summed E-state index contributed by atoms with van der Waals surface area (Å²) in [5.41, 5.74) is 1.10. The predicted molar refractivity (Wildman–Crippen MR) is 128 cm³/mol. The van der Waals surface area contributed by atoms with Gasteiger partial charge in [0, 0.05) is 19.1 Å². The van der Waals surface area contributed by atoms with Crippen LogP contribution in [0.1, 0.15) is 12.0 Å². The molecule has 2 aromatic rings. The van der Waals surface area contributed by atoms with Crippen LogP contribution in [0.25, 0.3) is 0 Å². The zero-order valence-corrected chi connectivity index (χ0v) is 20.9. The van der Waals surface area contributed by atoms with E-state index < -0.39 is 33.7 Å². The molecule has 0 aromatic heterocycles. The van der Waals surface area contributed by atoms with Crippen molar-refractivity contribution in [2.75, 3.05) is 44.3 Å². The van der Waals surface area contributed by atoms with E-state index in [1.54, 1.807) is 5.48 Å². The van der Waals surface area contributed by atoms with Crippen molar-refractivity contribution >= 4 is 21.6 Å². The standard InChI is InChI=1S/C23H29F3N4O5S/c1-28(2)18-12-13-29(14-18)21(22(31)27-32)15-30(36(3,33)34)17-6-10-20(11-7-17)35-19-8-4-16(5-9-19)23(24,25)26/h4-11,18,21,32H,12-15H2,1-3H3,(H,27,31)/t18?,21-/m0/s1. The second kappa shape index (κ2) is 11.0. The van der Waals surface area contributed by atoms with E-state index >= 15 is 0 Å². The normalized spacial score (nSPS) is 17.7. The Morgan fingerprint density at radius 2 is 1.69 bits per heavy atom. The molecule has 1 fully saturated rings. The van der Waals surface area contributed by atoms with E-state index in [0.717, 1.165) is 29.1 Å². The Morgan fingerprint density at radius 3 is 2.14 bits per heavy atom. The number of anilines is 1. The van der Waals surface area contributed by atoms with Crippen LogP contribution in [0.5, 0.6) is 11.5 Å². The number of nitrogens with one attached hydrogen (secondary N) is 1. The topological polar surface area (TPSA) is 102 Å². The molecule has 2 atom stereocenters. The van der Waals surface area contributed by atoms with Gasteiger partial charge in [-0.3, -0.25) is 19.2 Å². The van der Waals surface area contributed by atoms with E-state index in [0.29, 0.717) is 13.1 Å². The highest BCUT2D eigenvalue weighted by Crippen LogP contribution is 2.32. The third-order valence-electron chi connectivity index (χ3n) is 6.06. The number of sulfonamides is 1. The van der Waals surface area contributed by atoms with Crippen LogP contribution in [-0.2, 0) is 21.0 Å². The number of rotatable bonds is 9. The van der Waals surface area contributed by atoms with Crippen molar-refractivity contribution in [2.45, 2.75) is 24.7 Å². The largest absolute Gasteiger partial charge is 0.457 e. The number of likely N-dealkylation sites (N-methyl/N-ethyl adjacent to an activating group) is 1. The fourth-order valence-electron chi connectivity index (χ4n) is 4.03. The van der Waals surface area contributed by atoms with Crippen molar-refractivity contribution in [1.82, 2.24) is 15.3 Å². The summed E-state index contributed by atoms with van der Waals surface area (Å²) >= 11 is 0. The molecule has 1 unspecified atom stereocenters. The van der Waals surface area contributed by atoms with Crippen molar-refractivity contribution in [2.24, 2.45) is 0 Å². The molecule has 1 amide bonds. The van der Waals surface area contributed by atoms with Gasteiger partial charge in [-0.15, -0.1) is 0 Å². The van der Waals surface area contributed by atoms with Gasteiger partial charge in [-0.1, -0.05) is 0 Å². The average Bonchev–Trinajstić information content (AvgIpc) is 3.29.